The Hall–Kier alpha value is -1.26. The first-order valence-electron chi connectivity index (χ1n) is 7.36. The zero-order chi connectivity index (χ0) is 13.8. The van der Waals surface area contributed by atoms with Gasteiger partial charge >= 0.3 is 12.0 Å². The van der Waals surface area contributed by atoms with Crippen molar-refractivity contribution < 1.29 is 14.7 Å². The molecule has 2 fully saturated rings. The molecule has 5 nitrogen and oxygen atoms in total. The lowest BCUT2D eigenvalue weighted by Crippen LogP contribution is -2.46. The van der Waals surface area contributed by atoms with Crippen LogP contribution in [0.2, 0.25) is 0 Å². The van der Waals surface area contributed by atoms with E-state index in [0.29, 0.717) is 25.4 Å². The SMILES string of the molecule is CC1CCCCCC1NC(=O)N1CCC(C(=O)O)C1. The summed E-state index contributed by atoms with van der Waals surface area (Å²) in [6.45, 7) is 3.10. The van der Waals surface area contributed by atoms with Crippen molar-refractivity contribution in [2.75, 3.05) is 13.1 Å². The van der Waals surface area contributed by atoms with Crippen LogP contribution in [0.15, 0.2) is 0 Å². The molecule has 0 aromatic carbocycles. The lowest BCUT2D eigenvalue weighted by Gasteiger charge is -2.26. The van der Waals surface area contributed by atoms with Gasteiger partial charge in [-0.05, 0) is 25.2 Å². The number of hydrogen-bond acceptors (Lipinski definition) is 2. The highest BCUT2D eigenvalue weighted by atomic mass is 16.4. The Kier molecular flexibility index (Phi) is 4.66. The molecule has 1 saturated carbocycles. The molecule has 0 radical (unpaired) electrons. The topological polar surface area (TPSA) is 69.6 Å². The molecule has 2 rings (SSSR count). The minimum Gasteiger partial charge on any atom is -0.481 e. The maximum Gasteiger partial charge on any atom is 0.317 e. The second-order valence-corrected chi connectivity index (χ2v) is 5.94. The first kappa shape index (κ1) is 14.2. The van der Waals surface area contributed by atoms with Crippen molar-refractivity contribution in [3.63, 3.8) is 0 Å². The lowest BCUT2D eigenvalue weighted by molar-refractivity contribution is -0.141. The van der Waals surface area contributed by atoms with Crippen LogP contribution in [0.5, 0.6) is 0 Å². The number of aliphatic carboxylic acids is 1. The van der Waals surface area contributed by atoms with Gasteiger partial charge in [0.15, 0.2) is 0 Å². The Bertz CT molecular complexity index is 346. The van der Waals surface area contributed by atoms with E-state index in [-0.39, 0.29) is 12.1 Å². The van der Waals surface area contributed by atoms with E-state index in [1.807, 2.05) is 0 Å². The number of carboxylic acid groups (broad SMARTS) is 1. The molecule has 0 aromatic heterocycles. The van der Waals surface area contributed by atoms with E-state index < -0.39 is 11.9 Å². The van der Waals surface area contributed by atoms with Crippen molar-refractivity contribution in [3.05, 3.63) is 0 Å². The summed E-state index contributed by atoms with van der Waals surface area (Å²) in [5.41, 5.74) is 0. The van der Waals surface area contributed by atoms with Crippen LogP contribution in [0.1, 0.15) is 45.4 Å². The molecule has 3 unspecified atom stereocenters. The van der Waals surface area contributed by atoms with Crippen LogP contribution in [-0.4, -0.2) is 41.1 Å². The molecular formula is C14H24N2O3. The van der Waals surface area contributed by atoms with Crippen LogP contribution in [0.25, 0.3) is 0 Å². The Morgan fingerprint density at radius 1 is 1.16 bits per heavy atom. The first-order valence-corrected chi connectivity index (χ1v) is 7.36. The summed E-state index contributed by atoms with van der Waals surface area (Å²) in [5.74, 6) is -0.667. The summed E-state index contributed by atoms with van der Waals surface area (Å²) in [6, 6.07) is 0.168. The number of rotatable bonds is 2. The monoisotopic (exact) mass is 268 g/mol. The van der Waals surface area contributed by atoms with Gasteiger partial charge in [-0.1, -0.05) is 26.2 Å². The third-order valence-corrected chi connectivity index (χ3v) is 4.50. The maximum absolute atomic E-state index is 12.2. The quantitative estimate of drug-likeness (QED) is 0.753. The third-order valence-electron chi connectivity index (χ3n) is 4.50. The van der Waals surface area contributed by atoms with Crippen LogP contribution >= 0.6 is 0 Å². The van der Waals surface area contributed by atoms with E-state index in [4.69, 9.17) is 5.11 Å². The predicted octanol–water partition coefficient (Wildman–Crippen LogP) is 2.07. The average molecular weight is 268 g/mol. The number of carbonyl (C=O) groups is 2. The molecule has 2 N–H and O–H groups in total. The van der Waals surface area contributed by atoms with Gasteiger partial charge in [-0.25, -0.2) is 4.79 Å². The molecule has 2 amide bonds. The highest BCUT2D eigenvalue weighted by Crippen LogP contribution is 2.24. The molecule has 108 valence electrons. The fraction of sp³-hybridized carbons (Fsp3) is 0.857. The minimum absolute atomic E-state index is 0.0810. The minimum atomic E-state index is -0.793. The molecule has 5 heteroatoms. The van der Waals surface area contributed by atoms with Crippen LogP contribution < -0.4 is 5.32 Å². The number of nitrogens with zero attached hydrogens (tertiary/aromatic N) is 1. The number of amides is 2. The molecule has 1 heterocycles. The largest absolute Gasteiger partial charge is 0.481 e. The smallest absolute Gasteiger partial charge is 0.317 e. The second kappa shape index (κ2) is 6.26. The van der Waals surface area contributed by atoms with E-state index >= 15 is 0 Å². The average Bonchev–Trinajstić information content (AvgIpc) is 2.78. The molecule has 0 aromatic rings. The molecule has 0 spiro atoms. The van der Waals surface area contributed by atoms with Crippen LogP contribution in [0.3, 0.4) is 0 Å². The van der Waals surface area contributed by atoms with Gasteiger partial charge in [-0.3, -0.25) is 4.79 Å². The predicted molar refractivity (Wildman–Crippen MR) is 71.9 cm³/mol. The van der Waals surface area contributed by atoms with Crippen molar-refractivity contribution in [2.45, 2.75) is 51.5 Å². The summed E-state index contributed by atoms with van der Waals surface area (Å²) in [7, 11) is 0. The van der Waals surface area contributed by atoms with Crippen molar-refractivity contribution >= 4 is 12.0 Å². The first-order chi connectivity index (χ1) is 9.08. The molecule has 1 aliphatic carbocycles. The summed E-state index contributed by atoms with van der Waals surface area (Å²) in [5, 5.41) is 12.1. The number of likely N-dealkylation sites (tertiary alicyclic amines) is 1. The fourth-order valence-electron chi connectivity index (χ4n) is 3.10. The molecule has 0 bridgehead atoms. The Morgan fingerprint density at radius 3 is 2.58 bits per heavy atom. The molecule has 1 saturated heterocycles. The van der Waals surface area contributed by atoms with Crippen molar-refractivity contribution in [3.8, 4) is 0 Å². The molecular weight excluding hydrogens is 244 g/mol. The number of carboxylic acids is 1. The maximum atomic E-state index is 12.2. The summed E-state index contributed by atoms with van der Waals surface area (Å²) < 4.78 is 0. The molecule has 19 heavy (non-hydrogen) atoms. The number of nitrogens with one attached hydrogen (secondary N) is 1. The van der Waals surface area contributed by atoms with Gasteiger partial charge in [0.1, 0.15) is 0 Å². The molecule has 2 aliphatic rings. The summed E-state index contributed by atoms with van der Waals surface area (Å²) in [4.78, 5) is 24.7. The summed E-state index contributed by atoms with van der Waals surface area (Å²) in [6.07, 6.45) is 6.46. The van der Waals surface area contributed by atoms with Gasteiger partial charge in [-0.15, -0.1) is 0 Å². The van der Waals surface area contributed by atoms with E-state index in [9.17, 15) is 9.59 Å². The second-order valence-electron chi connectivity index (χ2n) is 5.94. The van der Waals surface area contributed by atoms with Crippen LogP contribution in [0, 0.1) is 11.8 Å². The van der Waals surface area contributed by atoms with E-state index in [2.05, 4.69) is 12.2 Å². The normalized spacial score (nSPS) is 31.8. The Morgan fingerprint density at radius 2 is 1.89 bits per heavy atom. The van der Waals surface area contributed by atoms with Gasteiger partial charge in [0.2, 0.25) is 0 Å². The van der Waals surface area contributed by atoms with Gasteiger partial charge in [0.25, 0.3) is 0 Å². The van der Waals surface area contributed by atoms with Gasteiger partial charge in [-0.2, -0.15) is 0 Å². The van der Waals surface area contributed by atoms with Crippen molar-refractivity contribution in [1.82, 2.24) is 10.2 Å². The fourth-order valence-corrected chi connectivity index (χ4v) is 3.10. The van der Waals surface area contributed by atoms with Crippen LogP contribution in [0.4, 0.5) is 4.79 Å². The number of carbonyl (C=O) groups excluding carboxylic acids is 1. The standard InChI is InChI=1S/C14H24N2O3/c1-10-5-3-2-4-6-12(10)15-14(19)16-8-7-11(9-16)13(17)18/h10-12H,2-9H2,1H3,(H,15,19)(H,17,18). The number of urea groups is 1. The van der Waals surface area contributed by atoms with Crippen molar-refractivity contribution in [2.24, 2.45) is 11.8 Å². The number of hydrogen-bond donors (Lipinski definition) is 2. The van der Waals surface area contributed by atoms with Gasteiger partial charge < -0.3 is 15.3 Å². The molecule has 1 aliphatic heterocycles. The Balaban J connectivity index is 1.85. The highest BCUT2D eigenvalue weighted by Gasteiger charge is 2.32. The summed E-state index contributed by atoms with van der Waals surface area (Å²) >= 11 is 0. The highest BCUT2D eigenvalue weighted by molar-refractivity contribution is 5.77. The van der Waals surface area contributed by atoms with Crippen molar-refractivity contribution in [1.29, 1.82) is 0 Å². The zero-order valence-electron chi connectivity index (χ0n) is 11.6. The van der Waals surface area contributed by atoms with E-state index in [1.165, 1.54) is 25.7 Å². The van der Waals surface area contributed by atoms with Crippen LogP contribution in [-0.2, 0) is 4.79 Å². The third kappa shape index (κ3) is 3.61. The van der Waals surface area contributed by atoms with Gasteiger partial charge in [0, 0.05) is 19.1 Å². The zero-order valence-corrected chi connectivity index (χ0v) is 11.6. The Labute approximate surface area is 114 Å². The van der Waals surface area contributed by atoms with E-state index in [0.717, 1.165) is 6.42 Å². The molecule has 3 atom stereocenters. The lowest BCUT2D eigenvalue weighted by atomic mass is 9.97. The van der Waals surface area contributed by atoms with E-state index in [1.54, 1.807) is 4.90 Å². The van der Waals surface area contributed by atoms with Gasteiger partial charge in [0.05, 0.1) is 5.92 Å².